The molecule has 0 aromatic heterocycles. The predicted molar refractivity (Wildman–Crippen MR) is 81.5 cm³/mol. The SMILES string of the molecule is CC(=O)N1C[C@H](O)C[C@H]1C(=O)N[C@@H](Cc1ccc(F)cc1)C(=O)O. The number of carbonyl (C=O) groups is 3. The molecule has 1 fully saturated rings. The summed E-state index contributed by atoms with van der Waals surface area (Å²) < 4.78 is 12.9. The first-order valence-corrected chi connectivity index (χ1v) is 7.51. The minimum atomic E-state index is -1.24. The van der Waals surface area contributed by atoms with Gasteiger partial charge < -0.3 is 20.4 Å². The van der Waals surface area contributed by atoms with Gasteiger partial charge in [0.1, 0.15) is 17.9 Å². The van der Waals surface area contributed by atoms with Gasteiger partial charge in [0.2, 0.25) is 11.8 Å². The van der Waals surface area contributed by atoms with Crippen molar-refractivity contribution in [1.29, 1.82) is 0 Å². The van der Waals surface area contributed by atoms with Crippen molar-refractivity contribution in [2.75, 3.05) is 6.54 Å². The molecule has 0 saturated carbocycles. The Morgan fingerprint density at radius 1 is 1.33 bits per heavy atom. The summed E-state index contributed by atoms with van der Waals surface area (Å²) in [5.74, 6) is -2.67. The van der Waals surface area contributed by atoms with Crippen LogP contribution in [0.3, 0.4) is 0 Å². The number of likely N-dealkylation sites (tertiary alicyclic amines) is 1. The molecule has 0 radical (unpaired) electrons. The number of hydrogen-bond donors (Lipinski definition) is 3. The summed E-state index contributed by atoms with van der Waals surface area (Å²) in [6.45, 7) is 1.33. The second kappa shape index (κ2) is 7.39. The number of aliphatic carboxylic acids is 1. The van der Waals surface area contributed by atoms with Gasteiger partial charge in [-0.15, -0.1) is 0 Å². The van der Waals surface area contributed by atoms with E-state index in [2.05, 4.69) is 5.32 Å². The van der Waals surface area contributed by atoms with E-state index in [-0.39, 0.29) is 25.3 Å². The van der Waals surface area contributed by atoms with E-state index in [4.69, 9.17) is 0 Å². The molecule has 7 nitrogen and oxygen atoms in total. The number of amides is 2. The highest BCUT2D eigenvalue weighted by Crippen LogP contribution is 2.18. The summed E-state index contributed by atoms with van der Waals surface area (Å²) in [7, 11) is 0. The van der Waals surface area contributed by atoms with E-state index >= 15 is 0 Å². The number of rotatable bonds is 5. The van der Waals surface area contributed by atoms with Crippen LogP contribution in [-0.4, -0.2) is 57.6 Å². The van der Waals surface area contributed by atoms with E-state index in [0.29, 0.717) is 5.56 Å². The molecule has 0 aliphatic carbocycles. The average Bonchev–Trinajstić information content (AvgIpc) is 2.91. The molecule has 3 atom stereocenters. The van der Waals surface area contributed by atoms with Crippen molar-refractivity contribution in [2.24, 2.45) is 0 Å². The van der Waals surface area contributed by atoms with Crippen LogP contribution >= 0.6 is 0 Å². The van der Waals surface area contributed by atoms with E-state index in [1.807, 2.05) is 0 Å². The number of nitrogens with zero attached hydrogens (tertiary/aromatic N) is 1. The number of benzene rings is 1. The Labute approximate surface area is 138 Å². The largest absolute Gasteiger partial charge is 0.480 e. The van der Waals surface area contributed by atoms with Gasteiger partial charge in [0.05, 0.1) is 6.10 Å². The zero-order valence-corrected chi connectivity index (χ0v) is 13.1. The summed E-state index contributed by atoms with van der Waals surface area (Å²) in [6.07, 6.45) is -0.768. The molecule has 0 bridgehead atoms. The Bertz CT molecular complexity index is 634. The lowest BCUT2D eigenvalue weighted by molar-refractivity contribution is -0.143. The summed E-state index contributed by atoms with van der Waals surface area (Å²) in [6, 6.07) is 3.20. The molecular weight excluding hydrogens is 319 g/mol. The predicted octanol–water partition coefficient (Wildman–Crippen LogP) is -0.0807. The molecule has 8 heteroatoms. The van der Waals surface area contributed by atoms with E-state index in [9.17, 15) is 29.0 Å². The lowest BCUT2D eigenvalue weighted by Crippen LogP contribution is -2.51. The average molecular weight is 338 g/mol. The summed E-state index contributed by atoms with van der Waals surface area (Å²) >= 11 is 0. The van der Waals surface area contributed by atoms with Crippen LogP contribution in [0, 0.1) is 5.82 Å². The van der Waals surface area contributed by atoms with Crippen molar-refractivity contribution < 1.29 is 29.0 Å². The molecule has 1 aliphatic rings. The van der Waals surface area contributed by atoms with Gasteiger partial charge >= 0.3 is 5.97 Å². The number of halogens is 1. The fraction of sp³-hybridized carbons (Fsp3) is 0.438. The first kappa shape index (κ1) is 17.9. The lowest BCUT2D eigenvalue weighted by Gasteiger charge is -2.24. The highest BCUT2D eigenvalue weighted by Gasteiger charge is 2.38. The van der Waals surface area contributed by atoms with Crippen LogP contribution < -0.4 is 5.32 Å². The van der Waals surface area contributed by atoms with Crippen LogP contribution in [0.25, 0.3) is 0 Å². The van der Waals surface area contributed by atoms with Crippen molar-refractivity contribution in [3.8, 4) is 0 Å². The number of hydrogen-bond acceptors (Lipinski definition) is 4. The zero-order valence-electron chi connectivity index (χ0n) is 13.1. The summed E-state index contributed by atoms with van der Waals surface area (Å²) in [5.41, 5.74) is 0.555. The fourth-order valence-corrected chi connectivity index (χ4v) is 2.73. The molecule has 0 spiro atoms. The minimum Gasteiger partial charge on any atom is -0.480 e. The smallest absolute Gasteiger partial charge is 0.326 e. The maximum Gasteiger partial charge on any atom is 0.326 e. The van der Waals surface area contributed by atoms with Crippen LogP contribution in [0.4, 0.5) is 4.39 Å². The Balaban J connectivity index is 2.06. The van der Waals surface area contributed by atoms with Gasteiger partial charge in [-0.05, 0) is 17.7 Å². The van der Waals surface area contributed by atoms with Gasteiger partial charge in [-0.1, -0.05) is 12.1 Å². The van der Waals surface area contributed by atoms with E-state index < -0.39 is 35.9 Å². The number of carboxylic acid groups (broad SMARTS) is 1. The molecule has 2 rings (SSSR count). The maximum absolute atomic E-state index is 12.9. The highest BCUT2D eigenvalue weighted by atomic mass is 19.1. The molecule has 1 heterocycles. The fourth-order valence-electron chi connectivity index (χ4n) is 2.73. The van der Waals surface area contributed by atoms with Crippen molar-refractivity contribution in [3.63, 3.8) is 0 Å². The number of nitrogens with one attached hydrogen (secondary N) is 1. The quantitative estimate of drug-likeness (QED) is 0.696. The Morgan fingerprint density at radius 3 is 2.50 bits per heavy atom. The molecule has 130 valence electrons. The standard InChI is InChI=1S/C16H19FN2O5/c1-9(20)19-8-12(21)7-14(19)15(22)18-13(16(23)24)6-10-2-4-11(17)5-3-10/h2-5,12-14,21H,6-8H2,1H3,(H,18,22)(H,23,24)/t12-,13+,14+/m1/s1. The van der Waals surface area contributed by atoms with Crippen molar-refractivity contribution in [3.05, 3.63) is 35.6 Å². The van der Waals surface area contributed by atoms with E-state index in [0.717, 1.165) is 0 Å². The number of carbonyl (C=O) groups excluding carboxylic acids is 2. The second-order valence-electron chi connectivity index (χ2n) is 5.81. The zero-order chi connectivity index (χ0) is 17.9. The monoisotopic (exact) mass is 338 g/mol. The van der Waals surface area contributed by atoms with Crippen LogP contribution in [0.2, 0.25) is 0 Å². The van der Waals surface area contributed by atoms with Crippen molar-refractivity contribution in [2.45, 2.75) is 38.0 Å². The number of aliphatic hydroxyl groups excluding tert-OH is 1. The van der Waals surface area contributed by atoms with Gasteiger partial charge in [-0.3, -0.25) is 9.59 Å². The van der Waals surface area contributed by atoms with Gasteiger partial charge in [0.15, 0.2) is 0 Å². The van der Waals surface area contributed by atoms with Gasteiger partial charge in [0.25, 0.3) is 0 Å². The van der Waals surface area contributed by atoms with Gasteiger partial charge in [0, 0.05) is 26.3 Å². The highest BCUT2D eigenvalue weighted by molar-refractivity contribution is 5.90. The molecule has 0 unspecified atom stereocenters. The van der Waals surface area contributed by atoms with E-state index in [1.54, 1.807) is 0 Å². The molecule has 1 aromatic carbocycles. The van der Waals surface area contributed by atoms with Gasteiger partial charge in [-0.25, -0.2) is 9.18 Å². The van der Waals surface area contributed by atoms with Crippen molar-refractivity contribution >= 4 is 17.8 Å². The van der Waals surface area contributed by atoms with Crippen LogP contribution in [0.15, 0.2) is 24.3 Å². The lowest BCUT2D eigenvalue weighted by atomic mass is 10.0. The third-order valence-electron chi connectivity index (χ3n) is 3.95. The molecule has 3 N–H and O–H groups in total. The molecule has 1 saturated heterocycles. The first-order valence-electron chi connectivity index (χ1n) is 7.51. The third-order valence-corrected chi connectivity index (χ3v) is 3.95. The minimum absolute atomic E-state index is 0.0172. The van der Waals surface area contributed by atoms with Crippen molar-refractivity contribution in [1.82, 2.24) is 10.2 Å². The van der Waals surface area contributed by atoms with Gasteiger partial charge in [-0.2, -0.15) is 0 Å². The molecular formula is C16H19FN2O5. The Morgan fingerprint density at radius 2 is 1.96 bits per heavy atom. The topological polar surface area (TPSA) is 107 Å². The molecule has 2 amide bonds. The van der Waals surface area contributed by atoms with Crippen LogP contribution in [0.1, 0.15) is 18.9 Å². The molecule has 1 aromatic rings. The summed E-state index contributed by atoms with van der Waals surface area (Å²) in [4.78, 5) is 36.5. The Hall–Kier alpha value is -2.48. The van der Waals surface area contributed by atoms with Crippen LogP contribution in [0.5, 0.6) is 0 Å². The normalized spacial score (nSPS) is 21.4. The molecule has 24 heavy (non-hydrogen) atoms. The third kappa shape index (κ3) is 4.29. The first-order chi connectivity index (χ1) is 11.3. The number of carboxylic acids is 1. The number of β-amino-alcohol motifs (C(OH)–C–C–N with tert-alkyl or cyclic N) is 1. The number of aliphatic hydroxyl groups is 1. The second-order valence-corrected chi connectivity index (χ2v) is 5.81. The van der Waals surface area contributed by atoms with Crippen LogP contribution in [-0.2, 0) is 20.8 Å². The Kier molecular flexibility index (Phi) is 5.50. The maximum atomic E-state index is 12.9. The summed E-state index contributed by atoms with van der Waals surface area (Å²) in [5, 5.41) is 21.3. The molecule has 1 aliphatic heterocycles. The van der Waals surface area contributed by atoms with E-state index in [1.165, 1.54) is 36.1 Å².